The molecule has 1 N–H and O–H groups in total. The maximum atomic E-state index is 11.1. The van der Waals surface area contributed by atoms with Gasteiger partial charge in [-0.1, -0.05) is 24.6 Å². The standard InChI is InChI=1S/C11H13N3OS/c12-7-8-3-1-2-4-9(8)16-11-13-6-5-10(15)14-11/h5-6,8-9H,1-4H2,(H,13,14,15). The summed E-state index contributed by atoms with van der Waals surface area (Å²) >= 11 is 1.52. The van der Waals surface area contributed by atoms with E-state index in [1.165, 1.54) is 24.0 Å². The van der Waals surface area contributed by atoms with Gasteiger partial charge in [0.1, 0.15) is 0 Å². The predicted molar refractivity (Wildman–Crippen MR) is 62.1 cm³/mol. The number of nitriles is 1. The Balaban J connectivity index is 2.08. The van der Waals surface area contributed by atoms with E-state index in [-0.39, 0.29) is 16.7 Å². The van der Waals surface area contributed by atoms with Crippen LogP contribution < -0.4 is 5.56 Å². The topological polar surface area (TPSA) is 69.5 Å². The van der Waals surface area contributed by atoms with Crippen LogP contribution in [0.4, 0.5) is 0 Å². The molecule has 2 rings (SSSR count). The molecular formula is C11H13N3OS. The Bertz CT molecular complexity index is 451. The lowest BCUT2D eigenvalue weighted by atomic mass is 9.90. The maximum absolute atomic E-state index is 11.1. The Morgan fingerprint density at radius 2 is 2.31 bits per heavy atom. The molecule has 1 heterocycles. The molecule has 1 aromatic heterocycles. The summed E-state index contributed by atoms with van der Waals surface area (Å²) < 4.78 is 0. The van der Waals surface area contributed by atoms with Crippen LogP contribution in [0, 0.1) is 17.2 Å². The van der Waals surface area contributed by atoms with Crippen LogP contribution in [0.25, 0.3) is 0 Å². The van der Waals surface area contributed by atoms with E-state index in [9.17, 15) is 4.79 Å². The van der Waals surface area contributed by atoms with Crippen molar-refractivity contribution < 1.29 is 0 Å². The highest BCUT2D eigenvalue weighted by Crippen LogP contribution is 2.35. The van der Waals surface area contributed by atoms with Crippen molar-refractivity contribution in [2.75, 3.05) is 0 Å². The lowest BCUT2D eigenvalue weighted by Gasteiger charge is -2.25. The van der Waals surface area contributed by atoms with Gasteiger partial charge in [0.15, 0.2) is 5.16 Å². The molecule has 0 spiro atoms. The molecule has 1 saturated carbocycles. The van der Waals surface area contributed by atoms with Gasteiger partial charge in [0.05, 0.1) is 12.0 Å². The SMILES string of the molecule is N#CC1CCCCC1Sc1nccc(=O)[nH]1. The lowest BCUT2D eigenvalue weighted by Crippen LogP contribution is -2.21. The zero-order valence-electron chi connectivity index (χ0n) is 8.85. The van der Waals surface area contributed by atoms with Gasteiger partial charge in [-0.3, -0.25) is 4.79 Å². The summed E-state index contributed by atoms with van der Waals surface area (Å²) in [6.45, 7) is 0. The minimum Gasteiger partial charge on any atom is -0.301 e. The second kappa shape index (κ2) is 5.17. The van der Waals surface area contributed by atoms with Gasteiger partial charge in [0.25, 0.3) is 5.56 Å². The Morgan fingerprint density at radius 1 is 1.50 bits per heavy atom. The highest BCUT2D eigenvalue weighted by atomic mass is 32.2. The highest BCUT2D eigenvalue weighted by molar-refractivity contribution is 7.99. The van der Waals surface area contributed by atoms with Crippen molar-refractivity contribution in [1.82, 2.24) is 9.97 Å². The molecule has 84 valence electrons. The quantitative estimate of drug-likeness (QED) is 0.795. The third-order valence-electron chi connectivity index (χ3n) is 2.78. The molecule has 16 heavy (non-hydrogen) atoms. The summed E-state index contributed by atoms with van der Waals surface area (Å²) in [4.78, 5) is 17.9. The van der Waals surface area contributed by atoms with E-state index in [1.54, 1.807) is 0 Å². The van der Waals surface area contributed by atoms with Gasteiger partial charge in [-0.15, -0.1) is 0 Å². The fourth-order valence-electron chi connectivity index (χ4n) is 1.94. The molecule has 0 amide bonds. The van der Waals surface area contributed by atoms with Crippen molar-refractivity contribution in [2.24, 2.45) is 5.92 Å². The fourth-order valence-corrected chi connectivity index (χ4v) is 3.15. The third-order valence-corrected chi connectivity index (χ3v) is 4.08. The first-order valence-electron chi connectivity index (χ1n) is 5.41. The lowest BCUT2D eigenvalue weighted by molar-refractivity contribution is 0.439. The molecule has 0 saturated heterocycles. The van der Waals surface area contributed by atoms with Crippen molar-refractivity contribution in [3.05, 3.63) is 22.6 Å². The molecule has 5 heteroatoms. The Labute approximate surface area is 98.1 Å². The predicted octanol–water partition coefficient (Wildman–Crippen LogP) is 1.94. The van der Waals surface area contributed by atoms with E-state index in [0.717, 1.165) is 25.7 Å². The van der Waals surface area contributed by atoms with Crippen LogP contribution in [0.1, 0.15) is 25.7 Å². The van der Waals surface area contributed by atoms with Gasteiger partial charge in [0.2, 0.25) is 0 Å². The number of thioether (sulfide) groups is 1. The average Bonchev–Trinajstić information content (AvgIpc) is 2.30. The van der Waals surface area contributed by atoms with Crippen molar-refractivity contribution in [1.29, 1.82) is 5.26 Å². The maximum Gasteiger partial charge on any atom is 0.251 e. The highest BCUT2D eigenvalue weighted by Gasteiger charge is 2.26. The summed E-state index contributed by atoms with van der Waals surface area (Å²) in [6.07, 6.45) is 5.79. The van der Waals surface area contributed by atoms with Crippen LogP contribution in [0.5, 0.6) is 0 Å². The zero-order chi connectivity index (χ0) is 11.4. The average molecular weight is 235 g/mol. The van der Waals surface area contributed by atoms with Crippen LogP contribution in [0.3, 0.4) is 0 Å². The zero-order valence-corrected chi connectivity index (χ0v) is 9.67. The van der Waals surface area contributed by atoms with Gasteiger partial charge in [-0.2, -0.15) is 5.26 Å². The van der Waals surface area contributed by atoms with Crippen molar-refractivity contribution in [3.8, 4) is 6.07 Å². The van der Waals surface area contributed by atoms with Crippen LogP contribution >= 0.6 is 11.8 Å². The van der Waals surface area contributed by atoms with Crippen LogP contribution in [-0.4, -0.2) is 15.2 Å². The number of nitrogens with one attached hydrogen (secondary N) is 1. The summed E-state index contributed by atoms with van der Waals surface area (Å²) in [5.41, 5.74) is -0.137. The Kier molecular flexibility index (Phi) is 3.62. The van der Waals surface area contributed by atoms with Crippen LogP contribution in [0.2, 0.25) is 0 Å². The minimum atomic E-state index is -0.137. The molecule has 1 aliphatic carbocycles. The molecule has 2 atom stereocenters. The van der Waals surface area contributed by atoms with Crippen molar-refractivity contribution in [2.45, 2.75) is 36.1 Å². The first kappa shape index (κ1) is 11.2. The second-order valence-electron chi connectivity index (χ2n) is 3.92. The first-order chi connectivity index (χ1) is 7.79. The smallest absolute Gasteiger partial charge is 0.251 e. The molecule has 2 unspecified atom stereocenters. The molecule has 0 aliphatic heterocycles. The van der Waals surface area contributed by atoms with E-state index in [0.29, 0.717) is 5.16 Å². The molecule has 4 nitrogen and oxygen atoms in total. The van der Waals surface area contributed by atoms with E-state index in [1.807, 2.05) is 0 Å². The number of hydrogen-bond donors (Lipinski definition) is 1. The number of aromatic amines is 1. The van der Waals surface area contributed by atoms with Crippen molar-refractivity contribution >= 4 is 11.8 Å². The van der Waals surface area contributed by atoms with Crippen LogP contribution in [-0.2, 0) is 0 Å². The number of aromatic nitrogens is 2. The number of rotatable bonds is 2. The normalized spacial score (nSPS) is 24.9. The van der Waals surface area contributed by atoms with E-state index < -0.39 is 0 Å². The Morgan fingerprint density at radius 3 is 3.06 bits per heavy atom. The molecule has 1 aromatic rings. The minimum absolute atomic E-state index is 0.0873. The fraction of sp³-hybridized carbons (Fsp3) is 0.545. The Hall–Kier alpha value is -1.28. The van der Waals surface area contributed by atoms with Gasteiger partial charge < -0.3 is 4.98 Å². The first-order valence-corrected chi connectivity index (χ1v) is 6.29. The van der Waals surface area contributed by atoms with Gasteiger partial charge in [-0.05, 0) is 12.8 Å². The van der Waals surface area contributed by atoms with Gasteiger partial charge in [0, 0.05) is 17.5 Å². The number of H-pyrrole nitrogens is 1. The summed E-state index contributed by atoms with van der Waals surface area (Å²) in [5, 5.41) is 9.93. The monoisotopic (exact) mass is 235 g/mol. The summed E-state index contributed by atoms with van der Waals surface area (Å²) in [7, 11) is 0. The van der Waals surface area contributed by atoms with E-state index in [2.05, 4.69) is 16.0 Å². The molecule has 0 aromatic carbocycles. The molecule has 1 fully saturated rings. The molecular weight excluding hydrogens is 222 g/mol. The summed E-state index contributed by atoms with van der Waals surface area (Å²) in [6, 6.07) is 3.74. The van der Waals surface area contributed by atoms with E-state index >= 15 is 0 Å². The van der Waals surface area contributed by atoms with Crippen LogP contribution in [0.15, 0.2) is 22.2 Å². The summed E-state index contributed by atoms with van der Waals surface area (Å²) in [5.74, 6) is 0.0873. The van der Waals surface area contributed by atoms with E-state index in [4.69, 9.17) is 5.26 Å². The molecule has 0 bridgehead atoms. The number of nitrogens with zero attached hydrogens (tertiary/aromatic N) is 2. The second-order valence-corrected chi connectivity index (χ2v) is 5.14. The third kappa shape index (κ3) is 2.64. The van der Waals surface area contributed by atoms with Crippen molar-refractivity contribution in [3.63, 3.8) is 0 Å². The molecule has 1 aliphatic rings. The van der Waals surface area contributed by atoms with Gasteiger partial charge in [-0.25, -0.2) is 4.98 Å². The molecule has 0 radical (unpaired) electrons. The van der Waals surface area contributed by atoms with Gasteiger partial charge >= 0.3 is 0 Å². The number of hydrogen-bond acceptors (Lipinski definition) is 4. The largest absolute Gasteiger partial charge is 0.301 e.